The molecule has 0 aliphatic rings. The highest BCUT2D eigenvalue weighted by molar-refractivity contribution is 5.83. The average Bonchev–Trinajstić information content (AvgIpc) is 2.81. The molecule has 0 amide bonds. The van der Waals surface area contributed by atoms with Crippen LogP contribution in [0.1, 0.15) is 43.9 Å². The van der Waals surface area contributed by atoms with E-state index >= 15 is 0 Å². The van der Waals surface area contributed by atoms with Crippen LogP contribution in [0.5, 0.6) is 0 Å². The van der Waals surface area contributed by atoms with Gasteiger partial charge in [-0.15, -0.1) is 0 Å². The molecule has 0 heterocycles. The van der Waals surface area contributed by atoms with E-state index in [0.717, 1.165) is 16.7 Å². The van der Waals surface area contributed by atoms with Gasteiger partial charge >= 0.3 is 11.9 Å². The number of esters is 2. The second-order valence-electron chi connectivity index (χ2n) is 9.28. The van der Waals surface area contributed by atoms with Gasteiger partial charge in [-0.05, 0) is 37.5 Å². The van der Waals surface area contributed by atoms with Gasteiger partial charge in [-0.1, -0.05) is 91.0 Å². The molecule has 0 saturated carbocycles. The molecule has 0 aliphatic carbocycles. The molecule has 1 unspecified atom stereocenters. The van der Waals surface area contributed by atoms with Crippen molar-refractivity contribution in [2.75, 3.05) is 0 Å². The van der Waals surface area contributed by atoms with Crippen molar-refractivity contribution in [1.82, 2.24) is 4.90 Å². The summed E-state index contributed by atoms with van der Waals surface area (Å²) in [4.78, 5) is 28.2. The molecule has 0 saturated heterocycles. The van der Waals surface area contributed by atoms with E-state index in [4.69, 9.17) is 9.47 Å². The summed E-state index contributed by atoms with van der Waals surface area (Å²) in [5.41, 5.74) is 2.34. The third-order valence-electron chi connectivity index (χ3n) is 5.17. The first-order valence-corrected chi connectivity index (χ1v) is 11.5. The largest absolute Gasteiger partial charge is 0.460 e. The summed E-state index contributed by atoms with van der Waals surface area (Å²) in [5, 5.41) is 0. The van der Waals surface area contributed by atoms with Crippen LogP contribution in [0.4, 0.5) is 0 Å². The maximum absolute atomic E-state index is 13.4. The van der Waals surface area contributed by atoms with Gasteiger partial charge in [-0.2, -0.15) is 0 Å². The van der Waals surface area contributed by atoms with Crippen LogP contribution in [0, 0.1) is 0 Å². The third kappa shape index (κ3) is 8.49. The number of hydrogen-bond acceptors (Lipinski definition) is 5. The highest BCUT2D eigenvalue weighted by Crippen LogP contribution is 2.20. The monoisotopic (exact) mass is 459 g/mol. The van der Waals surface area contributed by atoms with Crippen LogP contribution in [0.2, 0.25) is 0 Å². The highest BCUT2D eigenvalue weighted by atomic mass is 16.6. The van der Waals surface area contributed by atoms with Crippen LogP contribution in [0.15, 0.2) is 91.0 Å². The number of rotatable bonds is 10. The van der Waals surface area contributed by atoms with Gasteiger partial charge in [0.25, 0.3) is 0 Å². The summed E-state index contributed by atoms with van der Waals surface area (Å²) in [6.07, 6.45) is -0.0927. The number of nitrogens with zero attached hydrogens (tertiary/aromatic N) is 1. The Morgan fingerprint density at radius 2 is 1.18 bits per heavy atom. The number of carbonyl (C=O) groups excluding carboxylic acids is 2. The third-order valence-corrected chi connectivity index (χ3v) is 5.17. The molecule has 0 fully saturated rings. The molecule has 5 heteroatoms. The van der Waals surface area contributed by atoms with Gasteiger partial charge in [0.15, 0.2) is 0 Å². The lowest BCUT2D eigenvalue weighted by molar-refractivity contribution is -0.163. The minimum atomic E-state index is -0.793. The molecule has 3 aromatic carbocycles. The Bertz CT molecular complexity index is 988. The zero-order chi connectivity index (χ0) is 24.4. The first-order valence-electron chi connectivity index (χ1n) is 11.5. The lowest BCUT2D eigenvalue weighted by Gasteiger charge is -2.31. The van der Waals surface area contributed by atoms with Gasteiger partial charge in [0.2, 0.25) is 0 Å². The fraction of sp³-hybridized carbons (Fsp3) is 0.310. The summed E-state index contributed by atoms with van der Waals surface area (Å²) in [6, 6.07) is 28.6. The average molecular weight is 460 g/mol. The standard InChI is InChI=1S/C29H33NO4/c1-29(2,3)34-27(31)19-26(28(32)33-22-25-17-11-6-12-18-25)30(20-23-13-7-4-8-14-23)21-24-15-9-5-10-16-24/h4-18,26H,19-22H2,1-3H3. The Balaban J connectivity index is 1.86. The molecular formula is C29H33NO4. The Morgan fingerprint density at radius 1 is 0.735 bits per heavy atom. The maximum Gasteiger partial charge on any atom is 0.324 e. The van der Waals surface area contributed by atoms with E-state index in [-0.39, 0.29) is 13.0 Å². The zero-order valence-corrected chi connectivity index (χ0v) is 20.1. The van der Waals surface area contributed by atoms with Crippen LogP contribution in [-0.4, -0.2) is 28.5 Å². The fourth-order valence-corrected chi connectivity index (χ4v) is 3.64. The minimum absolute atomic E-state index is 0.0927. The summed E-state index contributed by atoms with van der Waals surface area (Å²) in [6.45, 7) is 6.58. The van der Waals surface area contributed by atoms with Gasteiger partial charge in [0.05, 0.1) is 6.42 Å². The van der Waals surface area contributed by atoms with E-state index < -0.39 is 23.6 Å². The lowest BCUT2D eigenvalue weighted by Crippen LogP contribution is -2.43. The summed E-state index contributed by atoms with van der Waals surface area (Å²) >= 11 is 0. The molecule has 0 spiro atoms. The topological polar surface area (TPSA) is 55.8 Å². The van der Waals surface area contributed by atoms with Crippen molar-refractivity contribution in [3.8, 4) is 0 Å². The quantitative estimate of drug-likeness (QED) is 0.373. The van der Waals surface area contributed by atoms with Gasteiger partial charge in [-0.25, -0.2) is 0 Å². The first-order chi connectivity index (χ1) is 16.3. The molecular weight excluding hydrogens is 426 g/mol. The van der Waals surface area contributed by atoms with Crippen LogP contribution in [0.3, 0.4) is 0 Å². The molecule has 1 atom stereocenters. The molecule has 34 heavy (non-hydrogen) atoms. The second-order valence-corrected chi connectivity index (χ2v) is 9.28. The van der Waals surface area contributed by atoms with Gasteiger partial charge in [-0.3, -0.25) is 14.5 Å². The van der Waals surface area contributed by atoms with E-state index in [1.54, 1.807) is 0 Å². The molecule has 0 N–H and O–H groups in total. The van der Waals surface area contributed by atoms with Crippen molar-refractivity contribution in [3.05, 3.63) is 108 Å². The number of benzene rings is 3. The summed E-state index contributed by atoms with van der Waals surface area (Å²) < 4.78 is 11.2. The van der Waals surface area contributed by atoms with E-state index in [1.165, 1.54) is 0 Å². The number of ether oxygens (including phenoxy) is 2. The van der Waals surface area contributed by atoms with E-state index in [9.17, 15) is 9.59 Å². The molecule has 0 bridgehead atoms. The van der Waals surface area contributed by atoms with Crippen LogP contribution < -0.4 is 0 Å². The van der Waals surface area contributed by atoms with Crippen LogP contribution >= 0.6 is 0 Å². The fourth-order valence-electron chi connectivity index (χ4n) is 3.64. The van der Waals surface area contributed by atoms with Crippen molar-refractivity contribution in [1.29, 1.82) is 0 Å². The van der Waals surface area contributed by atoms with Crippen molar-refractivity contribution in [2.45, 2.75) is 58.5 Å². The van der Waals surface area contributed by atoms with Crippen molar-refractivity contribution < 1.29 is 19.1 Å². The summed E-state index contributed by atoms with van der Waals surface area (Å²) in [7, 11) is 0. The zero-order valence-electron chi connectivity index (χ0n) is 20.1. The SMILES string of the molecule is CC(C)(C)OC(=O)CC(C(=O)OCc1ccccc1)N(Cc1ccccc1)Cc1ccccc1. The summed E-state index contributed by atoms with van der Waals surface area (Å²) in [5.74, 6) is -0.873. The maximum atomic E-state index is 13.4. The lowest BCUT2D eigenvalue weighted by atomic mass is 10.1. The van der Waals surface area contributed by atoms with E-state index in [0.29, 0.717) is 13.1 Å². The number of carbonyl (C=O) groups is 2. The smallest absolute Gasteiger partial charge is 0.324 e. The molecule has 0 aliphatic heterocycles. The molecule has 3 rings (SSSR count). The van der Waals surface area contributed by atoms with E-state index in [2.05, 4.69) is 0 Å². The molecule has 178 valence electrons. The molecule has 0 aromatic heterocycles. The molecule has 3 aromatic rings. The highest BCUT2D eigenvalue weighted by Gasteiger charge is 2.32. The van der Waals surface area contributed by atoms with Crippen LogP contribution in [0.25, 0.3) is 0 Å². The van der Waals surface area contributed by atoms with Crippen LogP contribution in [-0.2, 0) is 38.8 Å². The first kappa shape index (κ1) is 25.2. The predicted molar refractivity (Wildman–Crippen MR) is 133 cm³/mol. The molecule has 0 radical (unpaired) electrons. The Kier molecular flexibility index (Phi) is 9.00. The second kappa shape index (κ2) is 12.1. The van der Waals surface area contributed by atoms with Crippen molar-refractivity contribution in [3.63, 3.8) is 0 Å². The normalized spacial score (nSPS) is 12.2. The van der Waals surface area contributed by atoms with Crippen molar-refractivity contribution in [2.24, 2.45) is 0 Å². The predicted octanol–water partition coefficient (Wildman–Crippen LogP) is 5.53. The van der Waals surface area contributed by atoms with Gasteiger partial charge in [0, 0.05) is 13.1 Å². The number of hydrogen-bond donors (Lipinski definition) is 0. The minimum Gasteiger partial charge on any atom is -0.460 e. The Labute approximate surface area is 202 Å². The van der Waals surface area contributed by atoms with Gasteiger partial charge in [0.1, 0.15) is 18.2 Å². The van der Waals surface area contributed by atoms with Gasteiger partial charge < -0.3 is 9.47 Å². The Morgan fingerprint density at radius 3 is 1.62 bits per heavy atom. The Hall–Kier alpha value is -3.44. The molecule has 5 nitrogen and oxygen atoms in total. The van der Waals surface area contributed by atoms with E-state index in [1.807, 2.05) is 117 Å². The van der Waals surface area contributed by atoms with Crippen molar-refractivity contribution >= 4 is 11.9 Å².